The molecule has 3 heterocycles. The third-order valence-electron chi connectivity index (χ3n) is 8.23. The zero-order valence-electron chi connectivity index (χ0n) is 20.0. The van der Waals surface area contributed by atoms with E-state index in [1.165, 1.54) is 0 Å². The molecular formula is C27H30F2N4O3. The van der Waals surface area contributed by atoms with Crippen molar-refractivity contribution in [1.29, 1.82) is 0 Å². The Morgan fingerprint density at radius 2 is 1.78 bits per heavy atom. The van der Waals surface area contributed by atoms with Crippen LogP contribution in [0.25, 0.3) is 22.4 Å². The van der Waals surface area contributed by atoms with Crippen molar-refractivity contribution in [3.63, 3.8) is 0 Å². The summed E-state index contributed by atoms with van der Waals surface area (Å²) in [7, 11) is 0. The lowest BCUT2D eigenvalue weighted by atomic mass is 9.99. The molecule has 3 aliphatic rings. The fraction of sp³-hybridized carbons (Fsp3) is 0.519. The van der Waals surface area contributed by atoms with Gasteiger partial charge in [0, 0.05) is 43.4 Å². The van der Waals surface area contributed by atoms with Crippen molar-refractivity contribution in [2.24, 2.45) is 17.8 Å². The number of hydrogen-bond donors (Lipinski definition) is 2. The van der Waals surface area contributed by atoms with Crippen molar-refractivity contribution in [3.05, 3.63) is 42.1 Å². The van der Waals surface area contributed by atoms with E-state index >= 15 is 0 Å². The molecule has 190 valence electrons. The summed E-state index contributed by atoms with van der Waals surface area (Å²) in [6, 6.07) is 6.08. The molecule has 2 unspecified atom stereocenters. The summed E-state index contributed by atoms with van der Waals surface area (Å²) in [5.41, 5.74) is 1.58. The Labute approximate surface area is 207 Å². The van der Waals surface area contributed by atoms with Crippen molar-refractivity contribution in [1.82, 2.24) is 15.0 Å². The number of rotatable bonds is 6. The summed E-state index contributed by atoms with van der Waals surface area (Å²) in [5.74, 6) is 0.534. The molecule has 1 aromatic carbocycles. The Balaban J connectivity index is 1.01. The smallest absolute Gasteiger partial charge is 0.303 e. The molecule has 4 atom stereocenters. The summed E-state index contributed by atoms with van der Waals surface area (Å²) in [4.78, 5) is 25.3. The maximum absolute atomic E-state index is 13.5. The largest absolute Gasteiger partial charge is 0.481 e. The predicted molar refractivity (Wildman–Crippen MR) is 131 cm³/mol. The first-order valence-electron chi connectivity index (χ1n) is 12.8. The van der Waals surface area contributed by atoms with E-state index in [0.29, 0.717) is 47.1 Å². The number of carbonyl (C=O) groups is 1. The maximum atomic E-state index is 13.5. The van der Waals surface area contributed by atoms with Crippen molar-refractivity contribution < 1.29 is 23.4 Å². The number of nitrogens with one attached hydrogen (secondary N) is 1. The summed E-state index contributed by atoms with van der Waals surface area (Å²) in [5, 5.41) is 9.06. The summed E-state index contributed by atoms with van der Waals surface area (Å²) < 4.78 is 33.5. The van der Waals surface area contributed by atoms with Gasteiger partial charge in [0.1, 0.15) is 11.6 Å². The van der Waals surface area contributed by atoms with Crippen molar-refractivity contribution >= 4 is 22.8 Å². The van der Waals surface area contributed by atoms with E-state index in [-0.39, 0.29) is 6.10 Å². The molecule has 7 nitrogen and oxygen atoms in total. The van der Waals surface area contributed by atoms with Gasteiger partial charge in [-0.2, -0.15) is 0 Å². The van der Waals surface area contributed by atoms with Gasteiger partial charge in [-0.25, -0.2) is 18.7 Å². The number of halogens is 2. The highest BCUT2D eigenvalue weighted by Gasteiger charge is 2.43. The Hall–Kier alpha value is -3.07. The quantitative estimate of drug-likeness (QED) is 0.489. The van der Waals surface area contributed by atoms with Gasteiger partial charge in [0.25, 0.3) is 0 Å². The lowest BCUT2D eigenvalue weighted by Gasteiger charge is -2.34. The number of piperidine rings is 1. The van der Waals surface area contributed by atoms with E-state index in [2.05, 4.69) is 19.9 Å². The monoisotopic (exact) mass is 496 g/mol. The molecule has 1 aliphatic heterocycles. The van der Waals surface area contributed by atoms with Crippen LogP contribution in [-0.4, -0.2) is 51.3 Å². The zero-order chi connectivity index (χ0) is 24.8. The van der Waals surface area contributed by atoms with Crippen LogP contribution in [0.15, 0.2) is 30.5 Å². The molecule has 3 aromatic rings. The van der Waals surface area contributed by atoms with Crippen LogP contribution < -0.4 is 4.90 Å². The van der Waals surface area contributed by atoms with Crippen molar-refractivity contribution in [3.8, 4) is 11.4 Å². The number of imidazole rings is 1. The first kappa shape index (κ1) is 23.3. The minimum Gasteiger partial charge on any atom is -0.481 e. The second-order valence-corrected chi connectivity index (χ2v) is 10.6. The number of fused-ring (bicyclic) bond motifs is 2. The van der Waals surface area contributed by atoms with Crippen molar-refractivity contribution in [2.45, 2.75) is 57.2 Å². The predicted octanol–water partition coefficient (Wildman–Crippen LogP) is 5.17. The number of pyridine rings is 1. The number of carboxylic acid groups (broad SMARTS) is 1. The van der Waals surface area contributed by atoms with Crippen LogP contribution in [0.4, 0.5) is 14.6 Å². The fourth-order valence-electron chi connectivity index (χ4n) is 6.56. The average molecular weight is 497 g/mol. The topological polar surface area (TPSA) is 91.3 Å². The molecule has 9 heteroatoms. The van der Waals surface area contributed by atoms with E-state index in [9.17, 15) is 13.6 Å². The number of aromatic nitrogens is 3. The number of aromatic amines is 1. The average Bonchev–Trinajstić information content (AvgIpc) is 3.53. The number of carboxylic acids is 1. The minimum absolute atomic E-state index is 0.260. The number of hydrogen-bond acceptors (Lipinski definition) is 5. The minimum atomic E-state index is -0.915. The van der Waals surface area contributed by atoms with Gasteiger partial charge in [0.2, 0.25) is 0 Å². The number of ether oxygens (including phenoxy) is 1. The van der Waals surface area contributed by atoms with Gasteiger partial charge < -0.3 is 19.7 Å². The van der Waals surface area contributed by atoms with Crippen LogP contribution in [-0.2, 0) is 9.53 Å². The number of aliphatic carboxylic acids is 1. The molecule has 1 saturated heterocycles. The molecule has 2 aliphatic carbocycles. The van der Waals surface area contributed by atoms with Gasteiger partial charge in [-0.1, -0.05) is 0 Å². The van der Waals surface area contributed by atoms with Crippen LogP contribution >= 0.6 is 0 Å². The van der Waals surface area contributed by atoms with Gasteiger partial charge in [0.05, 0.1) is 23.2 Å². The second kappa shape index (κ2) is 9.42. The van der Waals surface area contributed by atoms with Crippen LogP contribution in [0.2, 0.25) is 0 Å². The Kier molecular flexibility index (Phi) is 6.11. The molecule has 2 N–H and O–H groups in total. The molecule has 3 fully saturated rings. The fourth-order valence-corrected chi connectivity index (χ4v) is 6.56. The molecular weight excluding hydrogens is 466 g/mol. The highest BCUT2D eigenvalue weighted by molar-refractivity contribution is 5.79. The standard InChI is InChI=1S/C27H30F2N4O3/c28-21-12-23-24(13-22(21)29)32-27(31-23)16-1-2-25(30-14-16)33-5-3-19(4-6-33)36-20-10-17-7-15(9-26(34)35)8-18(17)11-20/h1-2,12-15,17-20H,3-11H2,(H,31,32)(H,34,35)/t15?,17-,18+,20?. The van der Waals surface area contributed by atoms with E-state index in [4.69, 9.17) is 9.84 Å². The van der Waals surface area contributed by atoms with E-state index in [1.54, 1.807) is 6.20 Å². The Bertz CT molecular complexity index is 1200. The molecule has 2 saturated carbocycles. The lowest BCUT2D eigenvalue weighted by molar-refractivity contribution is -0.138. The molecule has 0 spiro atoms. The molecule has 6 rings (SSSR count). The first-order chi connectivity index (χ1) is 17.4. The van der Waals surface area contributed by atoms with Crippen LogP contribution in [0.3, 0.4) is 0 Å². The van der Waals surface area contributed by atoms with Crippen LogP contribution in [0.5, 0.6) is 0 Å². The highest BCUT2D eigenvalue weighted by atomic mass is 19.2. The molecule has 2 aromatic heterocycles. The number of anilines is 1. The zero-order valence-corrected chi connectivity index (χ0v) is 20.0. The maximum Gasteiger partial charge on any atom is 0.303 e. The second-order valence-electron chi connectivity index (χ2n) is 10.6. The Morgan fingerprint density at radius 1 is 1.06 bits per heavy atom. The number of nitrogens with zero attached hydrogens (tertiary/aromatic N) is 3. The molecule has 0 bridgehead atoms. The molecule has 36 heavy (non-hydrogen) atoms. The third-order valence-corrected chi connectivity index (χ3v) is 8.23. The van der Waals surface area contributed by atoms with Gasteiger partial charge in [-0.05, 0) is 68.4 Å². The van der Waals surface area contributed by atoms with Gasteiger partial charge >= 0.3 is 5.97 Å². The summed E-state index contributed by atoms with van der Waals surface area (Å²) in [6.07, 6.45) is 8.76. The van der Waals surface area contributed by atoms with Crippen LogP contribution in [0, 0.1) is 29.4 Å². The summed E-state index contributed by atoms with van der Waals surface area (Å²) >= 11 is 0. The van der Waals surface area contributed by atoms with Gasteiger partial charge in [-0.3, -0.25) is 4.79 Å². The van der Waals surface area contributed by atoms with Crippen LogP contribution in [0.1, 0.15) is 44.9 Å². The first-order valence-corrected chi connectivity index (χ1v) is 12.8. The summed E-state index contributed by atoms with van der Waals surface area (Å²) in [6.45, 7) is 1.75. The highest BCUT2D eigenvalue weighted by Crippen LogP contribution is 2.49. The molecule has 0 radical (unpaired) electrons. The lowest BCUT2D eigenvalue weighted by Crippen LogP contribution is -2.38. The normalized spacial score (nSPS) is 26.6. The SMILES string of the molecule is O=C(O)CC1C[C@@H]2CC(OC3CCN(c4ccc(-c5nc6cc(F)c(F)cc6[nH]5)cn4)CC3)C[C@@H]2C1. The number of benzene rings is 1. The van der Waals surface area contributed by atoms with Gasteiger partial charge in [-0.15, -0.1) is 0 Å². The molecule has 0 amide bonds. The van der Waals surface area contributed by atoms with Crippen molar-refractivity contribution in [2.75, 3.05) is 18.0 Å². The Morgan fingerprint density at radius 3 is 2.44 bits per heavy atom. The third kappa shape index (κ3) is 4.68. The van der Waals surface area contributed by atoms with Gasteiger partial charge in [0.15, 0.2) is 11.6 Å². The van der Waals surface area contributed by atoms with E-state index in [1.807, 2.05) is 12.1 Å². The number of H-pyrrole nitrogens is 1. The van der Waals surface area contributed by atoms with E-state index < -0.39 is 17.6 Å². The van der Waals surface area contributed by atoms with E-state index in [0.717, 1.165) is 75.1 Å².